The molecule has 0 spiro atoms. The Kier molecular flexibility index (Phi) is 3.20. The van der Waals surface area contributed by atoms with Crippen LogP contribution in [-0.4, -0.2) is 16.5 Å². The molecular formula is C15H6F3N3O2S. The Bertz CT molecular complexity index is 1110. The van der Waals surface area contributed by atoms with Gasteiger partial charge in [-0.2, -0.15) is 23.2 Å². The van der Waals surface area contributed by atoms with Crippen molar-refractivity contribution in [3.05, 3.63) is 47.1 Å². The van der Waals surface area contributed by atoms with Crippen LogP contribution in [0, 0.1) is 0 Å². The molecule has 0 aliphatic carbocycles. The van der Waals surface area contributed by atoms with Crippen molar-refractivity contribution in [2.75, 3.05) is 0 Å². The maximum absolute atomic E-state index is 12.5. The van der Waals surface area contributed by atoms with Crippen LogP contribution >= 0.6 is 11.8 Å². The molecule has 24 heavy (non-hydrogen) atoms. The number of aromatic nitrogens is 1. The molecule has 3 aromatic rings. The second-order valence-corrected chi connectivity index (χ2v) is 6.01. The van der Waals surface area contributed by atoms with Crippen LogP contribution in [0.2, 0.25) is 0 Å². The molecule has 0 bridgehead atoms. The summed E-state index contributed by atoms with van der Waals surface area (Å²) in [6.45, 7) is 0. The monoisotopic (exact) mass is 349 g/mol. The van der Waals surface area contributed by atoms with E-state index in [4.69, 9.17) is 4.42 Å². The zero-order valence-electron chi connectivity index (χ0n) is 11.7. The van der Waals surface area contributed by atoms with Crippen LogP contribution < -0.4 is 10.7 Å². The maximum atomic E-state index is 12.5. The van der Waals surface area contributed by atoms with E-state index in [2.05, 4.69) is 15.0 Å². The number of benzene rings is 2. The summed E-state index contributed by atoms with van der Waals surface area (Å²) in [7, 11) is 0. The number of halogens is 3. The minimum atomic E-state index is -4.37. The summed E-state index contributed by atoms with van der Waals surface area (Å²) in [5.74, 6) is 0.171. The number of fused-ring (bicyclic) bond motifs is 2. The molecule has 1 aromatic heterocycles. The van der Waals surface area contributed by atoms with Crippen LogP contribution in [0.3, 0.4) is 0 Å². The Morgan fingerprint density at radius 2 is 1.92 bits per heavy atom. The minimum Gasteiger partial charge on any atom is -0.436 e. The van der Waals surface area contributed by atoms with Gasteiger partial charge in [-0.05, 0) is 42.1 Å². The number of urea groups is 1. The molecule has 0 atom stereocenters. The lowest BCUT2D eigenvalue weighted by Crippen LogP contribution is -2.23. The number of rotatable bonds is 2. The van der Waals surface area contributed by atoms with Gasteiger partial charge in [0.25, 0.3) is 0 Å². The van der Waals surface area contributed by atoms with Crippen LogP contribution in [0.5, 0.6) is 0 Å². The number of para-hydroxylation sites is 1. The fourth-order valence-corrected chi connectivity index (χ4v) is 2.93. The molecule has 2 heterocycles. The lowest BCUT2D eigenvalue weighted by molar-refractivity contribution is -0.0328. The van der Waals surface area contributed by atoms with Gasteiger partial charge < -0.3 is 4.42 Å². The van der Waals surface area contributed by atoms with E-state index in [0.717, 1.165) is 0 Å². The van der Waals surface area contributed by atoms with Gasteiger partial charge in [0.1, 0.15) is 10.9 Å². The van der Waals surface area contributed by atoms with Gasteiger partial charge in [0.05, 0.1) is 10.9 Å². The molecule has 120 valence electrons. The molecule has 5 nitrogen and oxygen atoms in total. The molecule has 0 unspecified atom stereocenters. The quantitative estimate of drug-likeness (QED) is 0.664. The third-order valence-corrected chi connectivity index (χ3v) is 3.98. The normalized spacial score (nSPS) is 13.7. The molecule has 2 aromatic carbocycles. The van der Waals surface area contributed by atoms with E-state index in [1.165, 1.54) is 18.2 Å². The summed E-state index contributed by atoms with van der Waals surface area (Å²) in [5.41, 5.74) is -3.28. The number of nitrogens with zero attached hydrogens (tertiary/aromatic N) is 3. The number of carbonyl (C=O) groups excluding carboxylic acids is 1. The number of hydrogen-bond donors (Lipinski definition) is 0. The van der Waals surface area contributed by atoms with E-state index in [1.807, 2.05) is 0 Å². The summed E-state index contributed by atoms with van der Waals surface area (Å²) >= 11 is -0.219. The molecule has 1 aliphatic heterocycles. The van der Waals surface area contributed by atoms with E-state index in [9.17, 15) is 18.0 Å². The third kappa shape index (κ3) is 2.67. The van der Waals surface area contributed by atoms with Crippen molar-refractivity contribution >= 4 is 28.9 Å². The van der Waals surface area contributed by atoms with Crippen molar-refractivity contribution in [3.63, 3.8) is 0 Å². The highest BCUT2D eigenvalue weighted by Crippen LogP contribution is 2.38. The number of oxazole rings is 1. The molecule has 1 aliphatic rings. The standard InChI is InChI=1S/C15H6F3N3O2S/c16-15(17,18)24-7-4-5-11-10(6-7)19-13(23-11)8-2-1-3-9-12(8)21-14(22)20-9/h1-6H. The first-order valence-corrected chi connectivity index (χ1v) is 7.48. The van der Waals surface area contributed by atoms with E-state index in [0.29, 0.717) is 21.9 Å². The van der Waals surface area contributed by atoms with Gasteiger partial charge in [-0.25, -0.2) is 9.78 Å². The Balaban J connectivity index is 1.83. The van der Waals surface area contributed by atoms with Crippen molar-refractivity contribution in [1.82, 2.24) is 4.98 Å². The van der Waals surface area contributed by atoms with Crippen molar-refractivity contribution < 1.29 is 22.4 Å². The van der Waals surface area contributed by atoms with E-state index in [1.54, 1.807) is 18.2 Å². The Labute approximate surface area is 135 Å². The van der Waals surface area contributed by atoms with Gasteiger partial charge in [-0.15, -0.1) is 0 Å². The first kappa shape index (κ1) is 14.9. The number of carbonyl (C=O) groups is 1. The highest BCUT2D eigenvalue weighted by molar-refractivity contribution is 8.00. The van der Waals surface area contributed by atoms with Crippen LogP contribution in [0.1, 0.15) is 0 Å². The molecule has 0 radical (unpaired) electrons. The summed E-state index contributed by atoms with van der Waals surface area (Å²) in [6.07, 6.45) is 0. The lowest BCUT2D eigenvalue weighted by atomic mass is 10.2. The molecule has 4 rings (SSSR count). The van der Waals surface area contributed by atoms with E-state index in [-0.39, 0.29) is 28.1 Å². The van der Waals surface area contributed by atoms with Crippen molar-refractivity contribution in [3.8, 4) is 11.5 Å². The van der Waals surface area contributed by atoms with Crippen LogP contribution in [-0.2, 0) is 0 Å². The molecular weight excluding hydrogens is 343 g/mol. The van der Waals surface area contributed by atoms with Gasteiger partial charge in [-0.1, -0.05) is 6.07 Å². The first-order chi connectivity index (χ1) is 11.4. The first-order valence-electron chi connectivity index (χ1n) is 6.66. The zero-order chi connectivity index (χ0) is 16.9. The summed E-state index contributed by atoms with van der Waals surface area (Å²) in [4.78, 5) is 23.1. The average Bonchev–Trinajstić information content (AvgIpc) is 3.06. The second kappa shape index (κ2) is 5.17. The van der Waals surface area contributed by atoms with E-state index < -0.39 is 11.5 Å². The number of thioether (sulfide) groups is 1. The smallest absolute Gasteiger partial charge is 0.436 e. The van der Waals surface area contributed by atoms with E-state index >= 15 is 0 Å². The topological polar surface area (TPSA) is 67.8 Å². The van der Waals surface area contributed by atoms with Crippen molar-refractivity contribution in [2.24, 2.45) is 9.98 Å². The number of alkyl halides is 3. The molecule has 0 saturated carbocycles. The zero-order valence-corrected chi connectivity index (χ0v) is 12.5. The summed E-state index contributed by atoms with van der Waals surface area (Å²) < 4.78 is 43.0. The minimum absolute atomic E-state index is 0.0167. The van der Waals surface area contributed by atoms with Crippen LogP contribution in [0.15, 0.2) is 55.7 Å². The summed E-state index contributed by atoms with van der Waals surface area (Å²) in [5, 5.41) is 0.756. The van der Waals surface area contributed by atoms with Gasteiger partial charge in [0, 0.05) is 4.90 Å². The van der Waals surface area contributed by atoms with Gasteiger partial charge >= 0.3 is 11.5 Å². The van der Waals surface area contributed by atoms with Crippen LogP contribution in [0.25, 0.3) is 22.6 Å². The third-order valence-electron chi connectivity index (χ3n) is 3.26. The highest BCUT2D eigenvalue weighted by atomic mass is 32.2. The Morgan fingerprint density at radius 3 is 2.71 bits per heavy atom. The van der Waals surface area contributed by atoms with Gasteiger partial charge in [-0.3, -0.25) is 0 Å². The Morgan fingerprint density at radius 1 is 1.08 bits per heavy atom. The van der Waals surface area contributed by atoms with Crippen LogP contribution in [0.4, 0.5) is 18.0 Å². The highest BCUT2D eigenvalue weighted by Gasteiger charge is 2.29. The molecule has 0 N–H and O–H groups in total. The molecule has 2 amide bonds. The molecule has 0 saturated heterocycles. The second-order valence-electron chi connectivity index (χ2n) is 4.88. The molecule has 0 fully saturated rings. The molecule has 9 heteroatoms. The van der Waals surface area contributed by atoms with Gasteiger partial charge in [0.15, 0.2) is 5.58 Å². The van der Waals surface area contributed by atoms with Gasteiger partial charge in [0.2, 0.25) is 5.89 Å². The fraction of sp³-hybridized carbons (Fsp3) is 0.0667. The number of hydrogen-bond acceptors (Lipinski definition) is 4. The Hall–Kier alpha value is -2.68. The fourth-order valence-electron chi connectivity index (χ4n) is 2.35. The SMILES string of the molecule is O=C1N=c2cccc(-c3nc4cc(SC(F)(F)F)ccc4o3)c2=N1. The largest absolute Gasteiger partial charge is 0.446 e. The van der Waals surface area contributed by atoms with Crippen molar-refractivity contribution in [2.45, 2.75) is 10.4 Å². The predicted molar refractivity (Wildman–Crippen MR) is 79.1 cm³/mol. The maximum Gasteiger partial charge on any atom is 0.446 e. The lowest BCUT2D eigenvalue weighted by Gasteiger charge is -2.04. The summed E-state index contributed by atoms with van der Waals surface area (Å²) in [6, 6.07) is 8.39. The number of amides is 2. The predicted octanol–water partition coefficient (Wildman–Crippen LogP) is 3.48. The average molecular weight is 349 g/mol. The van der Waals surface area contributed by atoms with Crippen molar-refractivity contribution in [1.29, 1.82) is 0 Å².